The molecule has 1 aliphatic carbocycles. The summed E-state index contributed by atoms with van der Waals surface area (Å²) in [6, 6.07) is 6.05. The Morgan fingerprint density at radius 1 is 1.29 bits per heavy atom. The molecule has 1 fully saturated rings. The topological polar surface area (TPSA) is 52.5 Å². The highest BCUT2D eigenvalue weighted by Crippen LogP contribution is 2.23. The Morgan fingerprint density at radius 2 is 2.18 bits per heavy atom. The molecule has 2 aromatic rings. The number of nitrogens with two attached hydrogens (primary N) is 1. The molecule has 4 nitrogen and oxygen atoms in total. The van der Waals surface area contributed by atoms with E-state index in [1.165, 1.54) is 12.8 Å². The van der Waals surface area contributed by atoms with Crippen LogP contribution in [0.15, 0.2) is 30.6 Å². The van der Waals surface area contributed by atoms with Crippen LogP contribution in [0.25, 0.3) is 5.65 Å². The van der Waals surface area contributed by atoms with Gasteiger partial charge >= 0.3 is 0 Å². The lowest BCUT2D eigenvalue weighted by Gasteiger charge is -2.29. The number of ether oxygens (including phenoxy) is 1. The molecule has 0 spiro atoms. The molecule has 1 aliphatic rings. The number of nitrogens with zero attached hydrogens (tertiary/aromatic N) is 2. The molecular weight excluding hydrogens is 214 g/mol. The third kappa shape index (κ3) is 2.00. The lowest BCUT2D eigenvalue weighted by atomic mass is 9.93. The number of rotatable bonds is 2. The zero-order valence-electron chi connectivity index (χ0n) is 9.75. The van der Waals surface area contributed by atoms with Crippen molar-refractivity contribution in [1.29, 1.82) is 0 Å². The fourth-order valence-corrected chi connectivity index (χ4v) is 2.44. The zero-order chi connectivity index (χ0) is 11.7. The van der Waals surface area contributed by atoms with E-state index in [0.717, 1.165) is 24.4 Å². The van der Waals surface area contributed by atoms with Gasteiger partial charge in [0.1, 0.15) is 11.8 Å². The molecule has 1 saturated carbocycles. The monoisotopic (exact) mass is 231 g/mol. The van der Waals surface area contributed by atoms with Crippen LogP contribution in [0.3, 0.4) is 0 Å². The van der Waals surface area contributed by atoms with E-state index in [4.69, 9.17) is 10.5 Å². The summed E-state index contributed by atoms with van der Waals surface area (Å²) in [6.07, 6.45) is 8.37. The Balaban J connectivity index is 1.86. The molecule has 2 unspecified atom stereocenters. The van der Waals surface area contributed by atoms with Crippen molar-refractivity contribution in [2.24, 2.45) is 5.73 Å². The normalized spacial score (nSPS) is 25.0. The number of pyridine rings is 1. The first kappa shape index (κ1) is 10.6. The Morgan fingerprint density at radius 3 is 3.06 bits per heavy atom. The lowest BCUT2D eigenvalue weighted by Crippen LogP contribution is -2.41. The van der Waals surface area contributed by atoms with Gasteiger partial charge in [0.05, 0.1) is 0 Å². The molecule has 3 rings (SSSR count). The fraction of sp³-hybridized carbons (Fsp3) is 0.462. The van der Waals surface area contributed by atoms with Gasteiger partial charge in [-0.2, -0.15) is 0 Å². The summed E-state index contributed by atoms with van der Waals surface area (Å²) in [4.78, 5) is 4.24. The van der Waals surface area contributed by atoms with Gasteiger partial charge in [-0.15, -0.1) is 0 Å². The van der Waals surface area contributed by atoms with Gasteiger partial charge in [-0.25, -0.2) is 4.98 Å². The third-order valence-electron chi connectivity index (χ3n) is 3.42. The Bertz CT molecular complexity index is 508. The first-order valence-corrected chi connectivity index (χ1v) is 6.19. The summed E-state index contributed by atoms with van der Waals surface area (Å²) in [5.41, 5.74) is 7.01. The fourth-order valence-electron chi connectivity index (χ4n) is 2.44. The predicted octanol–water partition coefficient (Wildman–Crippen LogP) is 1.98. The minimum Gasteiger partial charge on any atom is -0.474 e. The van der Waals surface area contributed by atoms with Crippen LogP contribution in [0.1, 0.15) is 25.7 Å². The maximum Gasteiger partial charge on any atom is 0.199 e. The van der Waals surface area contributed by atoms with E-state index < -0.39 is 0 Å². The van der Waals surface area contributed by atoms with E-state index in [0.29, 0.717) is 0 Å². The molecular formula is C13H17N3O. The summed E-state index contributed by atoms with van der Waals surface area (Å²) < 4.78 is 8.00. The summed E-state index contributed by atoms with van der Waals surface area (Å²) >= 11 is 0. The van der Waals surface area contributed by atoms with E-state index in [-0.39, 0.29) is 12.1 Å². The van der Waals surface area contributed by atoms with Crippen molar-refractivity contribution < 1.29 is 4.74 Å². The van der Waals surface area contributed by atoms with Crippen molar-refractivity contribution in [1.82, 2.24) is 9.38 Å². The van der Waals surface area contributed by atoms with E-state index in [2.05, 4.69) is 4.98 Å². The van der Waals surface area contributed by atoms with Gasteiger partial charge in [0.25, 0.3) is 0 Å². The van der Waals surface area contributed by atoms with Crippen molar-refractivity contribution in [3.05, 3.63) is 30.6 Å². The second-order valence-electron chi connectivity index (χ2n) is 4.62. The second kappa shape index (κ2) is 4.37. The third-order valence-corrected chi connectivity index (χ3v) is 3.42. The van der Waals surface area contributed by atoms with Gasteiger partial charge in [-0.1, -0.05) is 12.5 Å². The first-order chi connectivity index (χ1) is 8.34. The first-order valence-electron chi connectivity index (χ1n) is 6.19. The SMILES string of the molecule is NC1CCCCC1Oc1cccc2nccn12. The minimum atomic E-state index is 0.136. The Kier molecular flexibility index (Phi) is 2.73. The number of hydrogen-bond donors (Lipinski definition) is 1. The molecule has 0 radical (unpaired) electrons. The van der Waals surface area contributed by atoms with Gasteiger partial charge in [0.2, 0.25) is 0 Å². The van der Waals surface area contributed by atoms with E-state index >= 15 is 0 Å². The highest BCUT2D eigenvalue weighted by Gasteiger charge is 2.23. The predicted molar refractivity (Wildman–Crippen MR) is 66.1 cm³/mol. The van der Waals surface area contributed by atoms with Crippen LogP contribution in [0.2, 0.25) is 0 Å². The second-order valence-corrected chi connectivity index (χ2v) is 4.62. The standard InChI is InChI=1S/C13H17N3O/c14-10-4-1-2-5-11(10)17-13-7-3-6-12-15-8-9-16(12)13/h3,6-11H,1-2,4-5,14H2. The Hall–Kier alpha value is -1.55. The van der Waals surface area contributed by atoms with Gasteiger partial charge in [0, 0.05) is 18.4 Å². The summed E-state index contributed by atoms with van der Waals surface area (Å²) in [5, 5.41) is 0. The van der Waals surface area contributed by atoms with Crippen LogP contribution in [0, 0.1) is 0 Å². The van der Waals surface area contributed by atoms with Crippen molar-refractivity contribution in [2.75, 3.05) is 0 Å². The number of fused-ring (bicyclic) bond motifs is 1. The molecule has 0 saturated heterocycles. The van der Waals surface area contributed by atoms with E-state index in [1.54, 1.807) is 6.20 Å². The van der Waals surface area contributed by atoms with Gasteiger partial charge < -0.3 is 10.5 Å². The number of hydrogen-bond acceptors (Lipinski definition) is 3. The van der Waals surface area contributed by atoms with E-state index in [1.807, 2.05) is 28.8 Å². The van der Waals surface area contributed by atoms with Crippen LogP contribution in [-0.2, 0) is 0 Å². The highest BCUT2D eigenvalue weighted by atomic mass is 16.5. The van der Waals surface area contributed by atoms with Crippen LogP contribution >= 0.6 is 0 Å². The highest BCUT2D eigenvalue weighted by molar-refractivity contribution is 5.41. The average molecular weight is 231 g/mol. The summed E-state index contributed by atoms with van der Waals surface area (Å²) in [6.45, 7) is 0. The zero-order valence-corrected chi connectivity index (χ0v) is 9.75. The quantitative estimate of drug-likeness (QED) is 0.859. The van der Waals surface area contributed by atoms with Crippen molar-refractivity contribution in [3.63, 3.8) is 0 Å². The Labute approximate surface area is 100 Å². The minimum absolute atomic E-state index is 0.136. The van der Waals surface area contributed by atoms with Crippen LogP contribution in [-0.4, -0.2) is 21.5 Å². The largest absolute Gasteiger partial charge is 0.474 e. The smallest absolute Gasteiger partial charge is 0.199 e. The maximum atomic E-state index is 6.10. The maximum absolute atomic E-state index is 6.10. The van der Waals surface area contributed by atoms with E-state index in [9.17, 15) is 0 Å². The molecule has 0 bridgehead atoms. The number of aromatic nitrogens is 2. The van der Waals surface area contributed by atoms with Crippen molar-refractivity contribution in [2.45, 2.75) is 37.8 Å². The lowest BCUT2D eigenvalue weighted by molar-refractivity contribution is 0.125. The molecule has 0 aromatic carbocycles. The van der Waals surface area contributed by atoms with Crippen molar-refractivity contribution >= 4 is 5.65 Å². The van der Waals surface area contributed by atoms with Crippen molar-refractivity contribution in [3.8, 4) is 5.88 Å². The molecule has 90 valence electrons. The van der Waals surface area contributed by atoms with Crippen LogP contribution < -0.4 is 10.5 Å². The van der Waals surface area contributed by atoms with Gasteiger partial charge in [-0.3, -0.25) is 4.40 Å². The average Bonchev–Trinajstić information content (AvgIpc) is 2.81. The summed E-state index contributed by atoms with van der Waals surface area (Å²) in [7, 11) is 0. The molecule has 0 aliphatic heterocycles. The van der Waals surface area contributed by atoms with Gasteiger partial charge in [-0.05, 0) is 31.4 Å². The van der Waals surface area contributed by atoms with Crippen LogP contribution in [0.4, 0.5) is 0 Å². The summed E-state index contributed by atoms with van der Waals surface area (Å²) in [5.74, 6) is 0.836. The number of imidazole rings is 1. The van der Waals surface area contributed by atoms with Crippen LogP contribution in [0.5, 0.6) is 5.88 Å². The molecule has 17 heavy (non-hydrogen) atoms. The molecule has 2 heterocycles. The molecule has 2 N–H and O–H groups in total. The van der Waals surface area contributed by atoms with Gasteiger partial charge in [0.15, 0.2) is 5.88 Å². The molecule has 0 amide bonds. The molecule has 2 atom stereocenters. The molecule has 4 heteroatoms. The molecule has 2 aromatic heterocycles.